The molecule has 1 amide bonds. The minimum atomic E-state index is 0.106. The summed E-state index contributed by atoms with van der Waals surface area (Å²) in [6.07, 6.45) is 3.01. The number of guanidine groups is 1. The van der Waals surface area contributed by atoms with Gasteiger partial charge in [0, 0.05) is 52.9 Å². The van der Waals surface area contributed by atoms with Gasteiger partial charge in [-0.2, -0.15) is 0 Å². The van der Waals surface area contributed by atoms with Crippen molar-refractivity contribution in [1.82, 2.24) is 15.5 Å². The zero-order valence-corrected chi connectivity index (χ0v) is 15.9. The Balaban J connectivity index is 1.89. The Morgan fingerprint density at radius 2 is 2.04 bits per heavy atom. The third-order valence-electron chi connectivity index (χ3n) is 4.55. The van der Waals surface area contributed by atoms with Gasteiger partial charge in [0.15, 0.2) is 5.96 Å². The van der Waals surface area contributed by atoms with E-state index in [0.29, 0.717) is 18.9 Å². The average Bonchev–Trinajstić information content (AvgIpc) is 3.15. The molecule has 6 heteroatoms. The molecule has 138 valence electrons. The first-order valence-electron chi connectivity index (χ1n) is 9.03. The molecule has 0 radical (unpaired) electrons. The Bertz CT molecular complexity index is 593. The van der Waals surface area contributed by atoms with Crippen molar-refractivity contribution in [2.24, 2.45) is 4.99 Å². The normalized spacial score (nSPS) is 15.8. The van der Waals surface area contributed by atoms with Crippen LogP contribution in [0, 0.1) is 0 Å². The Kier molecular flexibility index (Phi) is 7.10. The largest absolute Gasteiger partial charge is 0.372 e. The van der Waals surface area contributed by atoms with Crippen LogP contribution in [-0.4, -0.2) is 57.5 Å². The SMILES string of the molecule is CN=C(NCCC(=O)N(C)C)NC(C)c1cccc(N2CCCC2)c1. The second kappa shape index (κ2) is 9.30. The van der Waals surface area contributed by atoms with Gasteiger partial charge < -0.3 is 20.4 Å². The maximum atomic E-state index is 11.6. The van der Waals surface area contributed by atoms with Crippen LogP contribution in [0.4, 0.5) is 5.69 Å². The van der Waals surface area contributed by atoms with Crippen molar-refractivity contribution >= 4 is 17.6 Å². The fourth-order valence-corrected chi connectivity index (χ4v) is 2.96. The first-order valence-corrected chi connectivity index (χ1v) is 9.03. The van der Waals surface area contributed by atoms with Gasteiger partial charge >= 0.3 is 0 Å². The monoisotopic (exact) mass is 345 g/mol. The van der Waals surface area contributed by atoms with Crippen LogP contribution in [0.25, 0.3) is 0 Å². The second-order valence-electron chi connectivity index (χ2n) is 6.69. The third-order valence-corrected chi connectivity index (χ3v) is 4.55. The Morgan fingerprint density at radius 1 is 1.32 bits per heavy atom. The molecule has 1 saturated heterocycles. The molecule has 1 aliphatic rings. The van der Waals surface area contributed by atoms with Crippen molar-refractivity contribution in [1.29, 1.82) is 0 Å². The zero-order valence-electron chi connectivity index (χ0n) is 15.9. The molecule has 2 N–H and O–H groups in total. The summed E-state index contributed by atoms with van der Waals surface area (Å²) < 4.78 is 0. The van der Waals surface area contributed by atoms with Crippen LogP contribution >= 0.6 is 0 Å². The number of nitrogens with one attached hydrogen (secondary N) is 2. The van der Waals surface area contributed by atoms with E-state index in [4.69, 9.17) is 0 Å². The number of anilines is 1. The molecule has 2 rings (SSSR count). The first-order chi connectivity index (χ1) is 12.0. The van der Waals surface area contributed by atoms with Gasteiger partial charge in [-0.25, -0.2) is 0 Å². The minimum Gasteiger partial charge on any atom is -0.372 e. The van der Waals surface area contributed by atoms with Gasteiger partial charge in [-0.05, 0) is 37.5 Å². The molecular weight excluding hydrogens is 314 g/mol. The molecule has 1 aromatic rings. The highest BCUT2D eigenvalue weighted by Crippen LogP contribution is 2.23. The number of benzene rings is 1. The smallest absolute Gasteiger partial charge is 0.223 e. The van der Waals surface area contributed by atoms with E-state index in [1.807, 2.05) is 0 Å². The summed E-state index contributed by atoms with van der Waals surface area (Å²) in [5, 5.41) is 6.61. The topological polar surface area (TPSA) is 60.0 Å². The van der Waals surface area contributed by atoms with Crippen molar-refractivity contribution in [3.05, 3.63) is 29.8 Å². The predicted molar refractivity (Wildman–Crippen MR) is 104 cm³/mol. The lowest BCUT2D eigenvalue weighted by atomic mass is 10.1. The number of aliphatic imine (C=N–C) groups is 1. The maximum Gasteiger partial charge on any atom is 0.223 e. The van der Waals surface area contributed by atoms with Crippen LogP contribution < -0.4 is 15.5 Å². The number of nitrogens with zero attached hydrogens (tertiary/aromatic N) is 3. The summed E-state index contributed by atoms with van der Waals surface area (Å²) in [4.78, 5) is 19.9. The van der Waals surface area contributed by atoms with Crippen LogP contribution in [0.2, 0.25) is 0 Å². The predicted octanol–water partition coefficient (Wildman–Crippen LogP) is 1.99. The Labute approximate surface area is 151 Å². The Morgan fingerprint density at radius 3 is 2.68 bits per heavy atom. The fourth-order valence-electron chi connectivity index (χ4n) is 2.96. The van der Waals surface area contributed by atoms with Crippen LogP contribution in [-0.2, 0) is 4.79 Å². The number of amides is 1. The van der Waals surface area contributed by atoms with Crippen LogP contribution in [0.3, 0.4) is 0 Å². The minimum absolute atomic E-state index is 0.106. The van der Waals surface area contributed by atoms with Crippen molar-refractivity contribution in [3.63, 3.8) is 0 Å². The van der Waals surface area contributed by atoms with E-state index in [1.165, 1.54) is 24.1 Å². The maximum absolute atomic E-state index is 11.6. The van der Waals surface area contributed by atoms with Crippen molar-refractivity contribution in [3.8, 4) is 0 Å². The standard InChI is InChI=1S/C19H31N5O/c1-15(22-19(20-2)21-11-10-18(25)23(3)4)16-8-7-9-17(14-16)24-12-5-6-13-24/h7-9,14-15H,5-6,10-13H2,1-4H3,(H2,20,21,22). The second-order valence-corrected chi connectivity index (χ2v) is 6.69. The highest BCUT2D eigenvalue weighted by atomic mass is 16.2. The molecule has 1 heterocycles. The molecule has 1 unspecified atom stereocenters. The summed E-state index contributed by atoms with van der Waals surface area (Å²) in [6.45, 7) is 4.99. The zero-order chi connectivity index (χ0) is 18.2. The lowest BCUT2D eigenvalue weighted by Crippen LogP contribution is -2.40. The number of carbonyl (C=O) groups is 1. The van der Waals surface area contributed by atoms with Gasteiger partial charge in [-0.15, -0.1) is 0 Å². The van der Waals surface area contributed by atoms with E-state index in [1.54, 1.807) is 26.0 Å². The van der Waals surface area contributed by atoms with Gasteiger partial charge in [-0.1, -0.05) is 12.1 Å². The van der Waals surface area contributed by atoms with Gasteiger partial charge in [0.25, 0.3) is 0 Å². The van der Waals surface area contributed by atoms with E-state index in [-0.39, 0.29) is 11.9 Å². The number of hydrogen-bond donors (Lipinski definition) is 2. The summed E-state index contributed by atoms with van der Waals surface area (Å²) in [7, 11) is 5.28. The number of hydrogen-bond acceptors (Lipinski definition) is 3. The van der Waals surface area contributed by atoms with Crippen molar-refractivity contribution < 1.29 is 4.79 Å². The summed E-state index contributed by atoms with van der Waals surface area (Å²) in [5.74, 6) is 0.819. The number of carbonyl (C=O) groups excluding carboxylic acids is 1. The molecule has 0 saturated carbocycles. The van der Waals surface area contributed by atoms with E-state index in [9.17, 15) is 4.79 Å². The van der Waals surface area contributed by atoms with Gasteiger partial charge in [-0.3, -0.25) is 9.79 Å². The van der Waals surface area contributed by atoms with E-state index in [0.717, 1.165) is 13.1 Å². The molecule has 1 fully saturated rings. The summed E-state index contributed by atoms with van der Waals surface area (Å²) >= 11 is 0. The van der Waals surface area contributed by atoms with Crippen LogP contribution in [0.15, 0.2) is 29.3 Å². The molecule has 6 nitrogen and oxygen atoms in total. The molecular formula is C19H31N5O. The quantitative estimate of drug-likeness (QED) is 0.611. The highest BCUT2D eigenvalue weighted by Gasteiger charge is 2.14. The van der Waals surface area contributed by atoms with Crippen LogP contribution in [0.5, 0.6) is 0 Å². The molecule has 0 spiro atoms. The molecule has 1 aromatic carbocycles. The molecule has 1 atom stereocenters. The lowest BCUT2D eigenvalue weighted by Gasteiger charge is -2.22. The van der Waals surface area contributed by atoms with Crippen LogP contribution in [0.1, 0.15) is 37.8 Å². The average molecular weight is 345 g/mol. The fraction of sp³-hybridized carbons (Fsp3) is 0.579. The highest BCUT2D eigenvalue weighted by molar-refractivity contribution is 5.81. The van der Waals surface area contributed by atoms with Crippen molar-refractivity contribution in [2.45, 2.75) is 32.2 Å². The molecule has 0 aliphatic carbocycles. The van der Waals surface area contributed by atoms with E-state index in [2.05, 4.69) is 51.7 Å². The lowest BCUT2D eigenvalue weighted by molar-refractivity contribution is -0.128. The summed E-state index contributed by atoms with van der Waals surface area (Å²) in [5.41, 5.74) is 2.53. The third kappa shape index (κ3) is 5.66. The summed E-state index contributed by atoms with van der Waals surface area (Å²) in [6, 6.07) is 8.83. The molecule has 0 bridgehead atoms. The van der Waals surface area contributed by atoms with Gasteiger partial charge in [0.05, 0.1) is 6.04 Å². The number of rotatable bonds is 6. The Hall–Kier alpha value is -2.24. The first kappa shape index (κ1) is 19.1. The van der Waals surface area contributed by atoms with Crippen molar-refractivity contribution in [2.75, 3.05) is 45.7 Å². The van der Waals surface area contributed by atoms with Gasteiger partial charge in [0.1, 0.15) is 0 Å². The molecule has 25 heavy (non-hydrogen) atoms. The van der Waals surface area contributed by atoms with Gasteiger partial charge in [0.2, 0.25) is 5.91 Å². The van der Waals surface area contributed by atoms with E-state index < -0.39 is 0 Å². The molecule has 0 aromatic heterocycles. The van der Waals surface area contributed by atoms with E-state index >= 15 is 0 Å². The molecule has 1 aliphatic heterocycles.